The van der Waals surface area contributed by atoms with Crippen LogP contribution in [0.3, 0.4) is 0 Å². The van der Waals surface area contributed by atoms with Crippen LogP contribution < -0.4 is 10.6 Å². The molecule has 3 aliphatic rings. The topological polar surface area (TPSA) is 44.4 Å². The van der Waals surface area contributed by atoms with Gasteiger partial charge in [-0.25, -0.2) is 0 Å². The summed E-state index contributed by atoms with van der Waals surface area (Å²) in [6.45, 7) is 5.41. The molecular weight excluding hydrogens is 298 g/mol. The van der Waals surface area contributed by atoms with Crippen molar-refractivity contribution in [2.75, 3.05) is 32.7 Å². The molecule has 2 unspecified atom stereocenters. The summed E-state index contributed by atoms with van der Waals surface area (Å²) >= 11 is 0. The largest absolute Gasteiger partial charge is 0.348 e. The summed E-state index contributed by atoms with van der Waals surface area (Å²) in [5.41, 5.74) is 1.54. The van der Waals surface area contributed by atoms with Crippen LogP contribution in [-0.4, -0.2) is 43.5 Å². The molecule has 1 aromatic rings. The Morgan fingerprint density at radius 1 is 1.21 bits per heavy atom. The molecule has 0 radical (unpaired) electrons. The Balaban J connectivity index is 1.42. The summed E-state index contributed by atoms with van der Waals surface area (Å²) in [4.78, 5) is 15.4. The third-order valence-corrected chi connectivity index (χ3v) is 6.26. The van der Waals surface area contributed by atoms with Gasteiger partial charge in [0.15, 0.2) is 0 Å². The lowest BCUT2D eigenvalue weighted by atomic mass is 9.91. The highest BCUT2D eigenvalue weighted by atomic mass is 16.2. The number of hydrogen-bond donors (Lipinski definition) is 2. The monoisotopic (exact) mass is 327 g/mol. The minimum Gasteiger partial charge on any atom is -0.348 e. The molecule has 0 bridgehead atoms. The van der Waals surface area contributed by atoms with E-state index in [2.05, 4.69) is 39.8 Å². The Labute approximate surface area is 145 Å². The first kappa shape index (κ1) is 16.1. The molecule has 2 atom stereocenters. The van der Waals surface area contributed by atoms with E-state index in [1.54, 1.807) is 0 Å². The van der Waals surface area contributed by atoms with Gasteiger partial charge in [-0.05, 0) is 69.3 Å². The zero-order valence-corrected chi connectivity index (χ0v) is 14.5. The normalized spacial score (nSPS) is 27.1. The number of nitrogens with one attached hydrogen (secondary N) is 2. The van der Waals surface area contributed by atoms with Crippen molar-refractivity contribution in [2.24, 2.45) is 11.3 Å². The first-order chi connectivity index (χ1) is 11.8. The molecule has 1 saturated carbocycles. The molecule has 0 aromatic heterocycles. The molecule has 2 heterocycles. The van der Waals surface area contributed by atoms with Crippen molar-refractivity contribution in [3.05, 3.63) is 35.9 Å². The molecule has 130 valence electrons. The molecule has 2 saturated heterocycles. The number of nitrogens with zero attached hydrogens (tertiary/aromatic N) is 1. The maximum absolute atomic E-state index is 12.9. The summed E-state index contributed by atoms with van der Waals surface area (Å²) in [5.74, 6) is 0.523. The van der Waals surface area contributed by atoms with E-state index in [-0.39, 0.29) is 17.9 Å². The summed E-state index contributed by atoms with van der Waals surface area (Å²) < 4.78 is 0. The molecule has 4 nitrogen and oxygen atoms in total. The summed E-state index contributed by atoms with van der Waals surface area (Å²) in [5, 5.41) is 6.81. The van der Waals surface area contributed by atoms with E-state index in [9.17, 15) is 4.79 Å². The van der Waals surface area contributed by atoms with Gasteiger partial charge in [0.1, 0.15) is 0 Å². The van der Waals surface area contributed by atoms with Crippen molar-refractivity contribution >= 4 is 5.91 Å². The Morgan fingerprint density at radius 3 is 2.62 bits per heavy atom. The SMILES string of the molecule is O=C(NC(CN1CCCC1)c1ccccc1)C1CC12CCNCC2. The van der Waals surface area contributed by atoms with Crippen molar-refractivity contribution in [3.8, 4) is 0 Å². The molecule has 3 fully saturated rings. The smallest absolute Gasteiger partial charge is 0.224 e. The van der Waals surface area contributed by atoms with Crippen LogP contribution in [0.1, 0.15) is 43.7 Å². The number of piperidine rings is 1. The molecular formula is C20H29N3O. The average molecular weight is 327 g/mol. The number of likely N-dealkylation sites (tertiary alicyclic amines) is 1. The van der Waals surface area contributed by atoms with Crippen molar-refractivity contribution < 1.29 is 4.79 Å². The van der Waals surface area contributed by atoms with Crippen LogP contribution in [0, 0.1) is 11.3 Å². The first-order valence-electron chi connectivity index (χ1n) is 9.55. The van der Waals surface area contributed by atoms with Gasteiger partial charge in [-0.1, -0.05) is 30.3 Å². The van der Waals surface area contributed by atoms with E-state index in [0.717, 1.165) is 52.0 Å². The van der Waals surface area contributed by atoms with Gasteiger partial charge in [0.25, 0.3) is 0 Å². The fourth-order valence-corrected chi connectivity index (χ4v) is 4.61. The van der Waals surface area contributed by atoms with Crippen LogP contribution in [0.15, 0.2) is 30.3 Å². The lowest BCUT2D eigenvalue weighted by molar-refractivity contribution is -0.124. The maximum Gasteiger partial charge on any atom is 0.224 e. The first-order valence-corrected chi connectivity index (χ1v) is 9.55. The van der Waals surface area contributed by atoms with Crippen molar-refractivity contribution in [3.63, 3.8) is 0 Å². The molecule has 1 aliphatic carbocycles. The van der Waals surface area contributed by atoms with Gasteiger partial charge in [-0.2, -0.15) is 0 Å². The Bertz CT molecular complexity index is 562. The van der Waals surface area contributed by atoms with Crippen LogP contribution in [0.25, 0.3) is 0 Å². The van der Waals surface area contributed by atoms with Crippen molar-refractivity contribution in [1.29, 1.82) is 0 Å². The number of benzene rings is 1. The van der Waals surface area contributed by atoms with Crippen molar-refractivity contribution in [2.45, 2.75) is 38.1 Å². The minimum atomic E-state index is 0.121. The van der Waals surface area contributed by atoms with Gasteiger partial charge in [0.2, 0.25) is 5.91 Å². The van der Waals surface area contributed by atoms with Crippen LogP contribution in [0.5, 0.6) is 0 Å². The van der Waals surface area contributed by atoms with Gasteiger partial charge in [0.05, 0.1) is 6.04 Å². The second-order valence-electron chi connectivity index (χ2n) is 7.85. The van der Waals surface area contributed by atoms with E-state index < -0.39 is 0 Å². The zero-order valence-electron chi connectivity index (χ0n) is 14.5. The predicted molar refractivity (Wildman–Crippen MR) is 95.6 cm³/mol. The fraction of sp³-hybridized carbons (Fsp3) is 0.650. The molecule has 4 rings (SSSR count). The van der Waals surface area contributed by atoms with E-state index in [0.29, 0.717) is 5.41 Å². The quantitative estimate of drug-likeness (QED) is 0.872. The molecule has 4 heteroatoms. The highest BCUT2D eigenvalue weighted by Crippen LogP contribution is 2.58. The van der Waals surface area contributed by atoms with Gasteiger partial charge < -0.3 is 15.5 Å². The number of rotatable bonds is 5. The van der Waals surface area contributed by atoms with E-state index in [1.165, 1.54) is 18.4 Å². The molecule has 1 amide bonds. The number of carbonyl (C=O) groups excluding carboxylic acids is 1. The predicted octanol–water partition coefficient (Wildman–Crippen LogP) is 2.33. The zero-order chi connectivity index (χ0) is 16.4. The van der Waals surface area contributed by atoms with E-state index >= 15 is 0 Å². The molecule has 2 N–H and O–H groups in total. The molecule has 1 spiro atoms. The Kier molecular flexibility index (Phi) is 4.59. The van der Waals surface area contributed by atoms with Crippen LogP contribution in [-0.2, 0) is 4.79 Å². The van der Waals surface area contributed by atoms with Crippen LogP contribution in [0.4, 0.5) is 0 Å². The lowest BCUT2D eigenvalue weighted by Gasteiger charge is -2.27. The second-order valence-corrected chi connectivity index (χ2v) is 7.85. The number of amides is 1. The Hall–Kier alpha value is -1.39. The van der Waals surface area contributed by atoms with Gasteiger partial charge >= 0.3 is 0 Å². The summed E-state index contributed by atoms with van der Waals surface area (Å²) in [7, 11) is 0. The third-order valence-electron chi connectivity index (χ3n) is 6.26. The molecule has 24 heavy (non-hydrogen) atoms. The van der Waals surface area contributed by atoms with Crippen molar-refractivity contribution in [1.82, 2.24) is 15.5 Å². The van der Waals surface area contributed by atoms with Crippen LogP contribution in [0.2, 0.25) is 0 Å². The average Bonchev–Trinajstić information content (AvgIpc) is 3.06. The standard InChI is InChI=1S/C20H29N3O/c24-19(17-14-20(17)8-10-21-11-9-20)22-18(15-23-12-4-5-13-23)16-6-2-1-3-7-16/h1-3,6-7,17-18,21H,4-5,8-15H2,(H,22,24). The highest BCUT2D eigenvalue weighted by molar-refractivity contribution is 5.83. The van der Waals surface area contributed by atoms with E-state index in [4.69, 9.17) is 0 Å². The Morgan fingerprint density at radius 2 is 1.92 bits per heavy atom. The highest BCUT2D eigenvalue weighted by Gasteiger charge is 2.57. The minimum absolute atomic E-state index is 0.121. The molecule has 1 aromatic carbocycles. The van der Waals surface area contributed by atoms with Gasteiger partial charge in [-0.3, -0.25) is 4.79 Å². The van der Waals surface area contributed by atoms with Gasteiger partial charge in [0, 0.05) is 12.5 Å². The molecule has 2 aliphatic heterocycles. The summed E-state index contributed by atoms with van der Waals surface area (Å²) in [6.07, 6.45) is 5.98. The number of carbonyl (C=O) groups is 1. The van der Waals surface area contributed by atoms with E-state index in [1.807, 2.05) is 6.07 Å². The second kappa shape index (κ2) is 6.85. The maximum atomic E-state index is 12.9. The number of hydrogen-bond acceptors (Lipinski definition) is 3. The van der Waals surface area contributed by atoms with Gasteiger partial charge in [-0.15, -0.1) is 0 Å². The van der Waals surface area contributed by atoms with Crippen LogP contribution >= 0.6 is 0 Å². The fourth-order valence-electron chi connectivity index (χ4n) is 4.61. The summed E-state index contributed by atoms with van der Waals surface area (Å²) in [6, 6.07) is 10.6. The third kappa shape index (κ3) is 3.35. The lowest BCUT2D eigenvalue weighted by Crippen LogP contribution is -2.39.